The first-order valence-corrected chi connectivity index (χ1v) is 9.20. The third kappa shape index (κ3) is 3.79. The molecule has 1 aliphatic rings. The number of amides is 2. The number of piperazine rings is 1. The van der Waals surface area contributed by atoms with E-state index >= 15 is 0 Å². The average Bonchev–Trinajstić information content (AvgIpc) is 3.23. The van der Waals surface area contributed by atoms with Crippen LogP contribution >= 0.6 is 11.3 Å². The number of aryl methyl sites for hydroxylation is 2. The summed E-state index contributed by atoms with van der Waals surface area (Å²) < 4.78 is 5.49. The first-order valence-electron chi connectivity index (χ1n) is 8.26. The molecule has 1 saturated heterocycles. The van der Waals surface area contributed by atoms with Crippen molar-refractivity contribution in [3.63, 3.8) is 0 Å². The van der Waals surface area contributed by atoms with Gasteiger partial charge in [-0.25, -0.2) is 9.78 Å². The van der Waals surface area contributed by atoms with Gasteiger partial charge in [-0.15, -0.1) is 0 Å². The first kappa shape index (κ1) is 17.0. The Bertz CT molecular complexity index is 655. The van der Waals surface area contributed by atoms with Crippen molar-refractivity contribution in [1.82, 2.24) is 20.1 Å². The molecule has 0 radical (unpaired) electrons. The van der Waals surface area contributed by atoms with Crippen LogP contribution in [0.15, 0.2) is 21.2 Å². The van der Waals surface area contributed by atoms with Gasteiger partial charge in [0.15, 0.2) is 0 Å². The summed E-state index contributed by atoms with van der Waals surface area (Å²) in [6, 6.07) is 2.53. The highest BCUT2D eigenvalue weighted by atomic mass is 32.1. The third-order valence-electron chi connectivity index (χ3n) is 4.64. The number of oxazole rings is 1. The summed E-state index contributed by atoms with van der Waals surface area (Å²) in [6.07, 6.45) is 0. The summed E-state index contributed by atoms with van der Waals surface area (Å²) in [7, 11) is 0. The number of hydrogen-bond acceptors (Lipinski definition) is 5. The van der Waals surface area contributed by atoms with Crippen molar-refractivity contribution < 1.29 is 9.21 Å². The van der Waals surface area contributed by atoms with Gasteiger partial charge in [-0.3, -0.25) is 4.90 Å². The molecule has 1 fully saturated rings. The molecule has 0 saturated carbocycles. The van der Waals surface area contributed by atoms with Gasteiger partial charge in [0.1, 0.15) is 5.76 Å². The molecule has 1 N–H and O–H groups in total. The zero-order valence-corrected chi connectivity index (χ0v) is 15.2. The normalized spacial score (nSPS) is 17.0. The van der Waals surface area contributed by atoms with E-state index in [2.05, 4.69) is 39.0 Å². The maximum Gasteiger partial charge on any atom is 0.317 e. The van der Waals surface area contributed by atoms with Gasteiger partial charge in [-0.1, -0.05) is 0 Å². The maximum absolute atomic E-state index is 12.3. The van der Waals surface area contributed by atoms with Crippen LogP contribution in [-0.4, -0.2) is 47.0 Å². The minimum absolute atomic E-state index is 0.0497. The second kappa shape index (κ2) is 7.36. The van der Waals surface area contributed by atoms with Crippen molar-refractivity contribution >= 4 is 17.4 Å². The Morgan fingerprint density at radius 2 is 2.12 bits per heavy atom. The monoisotopic (exact) mass is 348 g/mol. The van der Waals surface area contributed by atoms with Crippen molar-refractivity contribution in [2.75, 3.05) is 26.2 Å². The zero-order valence-electron chi connectivity index (χ0n) is 14.4. The summed E-state index contributed by atoms with van der Waals surface area (Å²) in [5.74, 6) is 1.36. The van der Waals surface area contributed by atoms with E-state index in [1.165, 1.54) is 5.56 Å². The predicted molar refractivity (Wildman–Crippen MR) is 94.1 cm³/mol. The molecule has 24 heavy (non-hydrogen) atoms. The highest BCUT2D eigenvalue weighted by Crippen LogP contribution is 2.23. The lowest BCUT2D eigenvalue weighted by Crippen LogP contribution is -2.52. The molecule has 0 spiro atoms. The van der Waals surface area contributed by atoms with Crippen LogP contribution in [0, 0.1) is 13.8 Å². The number of urea groups is 1. The van der Waals surface area contributed by atoms with Crippen LogP contribution in [0.2, 0.25) is 0 Å². The summed E-state index contributed by atoms with van der Waals surface area (Å²) in [4.78, 5) is 20.9. The molecule has 3 heterocycles. The largest absolute Gasteiger partial charge is 0.444 e. The molecule has 0 aliphatic carbocycles. The number of thiophene rings is 1. The minimum atomic E-state index is -0.0497. The van der Waals surface area contributed by atoms with Gasteiger partial charge in [-0.05, 0) is 43.2 Å². The quantitative estimate of drug-likeness (QED) is 0.923. The van der Waals surface area contributed by atoms with Crippen molar-refractivity contribution in [2.24, 2.45) is 0 Å². The number of rotatable bonds is 4. The number of carbonyl (C=O) groups excluding carboxylic acids is 1. The van der Waals surface area contributed by atoms with Gasteiger partial charge >= 0.3 is 6.03 Å². The Morgan fingerprint density at radius 1 is 1.38 bits per heavy atom. The van der Waals surface area contributed by atoms with Crippen molar-refractivity contribution in [3.05, 3.63) is 39.7 Å². The van der Waals surface area contributed by atoms with E-state index in [0.29, 0.717) is 18.5 Å². The molecule has 2 aromatic heterocycles. The van der Waals surface area contributed by atoms with Crippen molar-refractivity contribution in [3.8, 4) is 0 Å². The molecule has 130 valence electrons. The van der Waals surface area contributed by atoms with Crippen molar-refractivity contribution in [1.29, 1.82) is 0 Å². The van der Waals surface area contributed by atoms with E-state index in [0.717, 1.165) is 37.6 Å². The summed E-state index contributed by atoms with van der Waals surface area (Å²) in [6.45, 7) is 9.60. The molecule has 0 bridgehead atoms. The highest BCUT2D eigenvalue weighted by molar-refractivity contribution is 7.07. The van der Waals surface area contributed by atoms with Gasteiger partial charge in [0.05, 0.1) is 12.2 Å². The molecule has 3 rings (SSSR count). The van der Waals surface area contributed by atoms with Crippen LogP contribution in [0.1, 0.15) is 35.9 Å². The minimum Gasteiger partial charge on any atom is -0.444 e. The van der Waals surface area contributed by atoms with Gasteiger partial charge in [0.25, 0.3) is 0 Å². The molecule has 2 amide bonds. The second-order valence-electron chi connectivity index (χ2n) is 6.16. The second-order valence-corrected chi connectivity index (χ2v) is 6.94. The van der Waals surface area contributed by atoms with Gasteiger partial charge in [-0.2, -0.15) is 11.3 Å². The maximum atomic E-state index is 12.3. The molecular formula is C17H24N4O2S. The Balaban J connectivity index is 1.46. The molecule has 6 nitrogen and oxygen atoms in total. The number of nitrogens with one attached hydrogen (secondary N) is 1. The lowest BCUT2D eigenvalue weighted by molar-refractivity contribution is 0.113. The van der Waals surface area contributed by atoms with Crippen LogP contribution in [0.25, 0.3) is 0 Å². The van der Waals surface area contributed by atoms with Crippen LogP contribution in [0.5, 0.6) is 0 Å². The Labute approximate surface area is 146 Å². The van der Waals surface area contributed by atoms with Gasteiger partial charge in [0.2, 0.25) is 5.89 Å². The molecule has 1 atom stereocenters. The highest BCUT2D eigenvalue weighted by Gasteiger charge is 2.25. The predicted octanol–water partition coefficient (Wildman–Crippen LogP) is 2.94. The average molecular weight is 348 g/mol. The fourth-order valence-corrected chi connectivity index (χ4v) is 3.66. The fourth-order valence-electron chi connectivity index (χ4n) is 2.91. The summed E-state index contributed by atoms with van der Waals surface area (Å²) in [5, 5.41) is 7.21. The molecular weight excluding hydrogens is 324 g/mol. The molecule has 7 heteroatoms. The molecule has 0 aromatic carbocycles. The number of aromatic nitrogens is 1. The number of carbonyl (C=O) groups is 1. The van der Waals surface area contributed by atoms with E-state index in [9.17, 15) is 4.79 Å². The van der Waals surface area contributed by atoms with Crippen LogP contribution in [0.4, 0.5) is 4.79 Å². The number of nitrogens with zero attached hydrogens (tertiary/aromatic N) is 3. The Kier molecular flexibility index (Phi) is 5.20. The lowest BCUT2D eigenvalue weighted by atomic mass is 10.1. The number of hydrogen-bond donors (Lipinski definition) is 1. The lowest BCUT2D eigenvalue weighted by Gasteiger charge is -2.37. The summed E-state index contributed by atoms with van der Waals surface area (Å²) >= 11 is 1.73. The smallest absolute Gasteiger partial charge is 0.317 e. The van der Waals surface area contributed by atoms with E-state index in [1.807, 2.05) is 18.7 Å². The van der Waals surface area contributed by atoms with E-state index in [4.69, 9.17) is 4.42 Å². The SMILES string of the molecule is Cc1nc(CNC(=O)N2CCN([C@H](C)c3ccsc3)CC2)oc1C. The van der Waals surface area contributed by atoms with E-state index < -0.39 is 0 Å². The van der Waals surface area contributed by atoms with Gasteiger partial charge in [0, 0.05) is 32.2 Å². The van der Waals surface area contributed by atoms with E-state index in [-0.39, 0.29) is 6.03 Å². The zero-order chi connectivity index (χ0) is 17.1. The fraction of sp³-hybridized carbons (Fsp3) is 0.529. The van der Waals surface area contributed by atoms with Crippen LogP contribution < -0.4 is 5.32 Å². The Morgan fingerprint density at radius 3 is 2.71 bits per heavy atom. The van der Waals surface area contributed by atoms with Crippen molar-refractivity contribution in [2.45, 2.75) is 33.4 Å². The van der Waals surface area contributed by atoms with Crippen LogP contribution in [0.3, 0.4) is 0 Å². The topological polar surface area (TPSA) is 61.6 Å². The first-order chi connectivity index (χ1) is 11.5. The summed E-state index contributed by atoms with van der Waals surface area (Å²) in [5.41, 5.74) is 2.22. The Hall–Kier alpha value is -1.86. The van der Waals surface area contributed by atoms with Gasteiger partial charge < -0.3 is 14.6 Å². The molecule has 0 unspecified atom stereocenters. The standard InChI is InChI=1S/C17H24N4O2S/c1-12-14(3)23-16(19-12)10-18-17(22)21-7-5-20(6-8-21)13(2)15-4-9-24-11-15/h4,9,11,13H,5-8,10H2,1-3H3,(H,18,22)/t13-/m1/s1. The van der Waals surface area contributed by atoms with E-state index in [1.54, 1.807) is 11.3 Å². The van der Waals surface area contributed by atoms with Crippen LogP contribution in [-0.2, 0) is 6.54 Å². The third-order valence-corrected chi connectivity index (χ3v) is 5.34. The molecule has 1 aliphatic heterocycles. The molecule has 2 aromatic rings.